The van der Waals surface area contributed by atoms with Crippen LogP contribution < -0.4 is 0 Å². The first-order chi connectivity index (χ1) is 4.41. The van der Waals surface area contributed by atoms with Crippen molar-refractivity contribution in [2.45, 2.75) is 13.8 Å². The fraction of sp³-hybridized carbons (Fsp3) is 0.500. The molecule has 0 saturated heterocycles. The molecule has 0 spiro atoms. The van der Waals surface area contributed by atoms with E-state index in [2.05, 4.69) is 0 Å². The summed E-state index contributed by atoms with van der Waals surface area (Å²) >= 11 is 0. The predicted molar refractivity (Wildman–Crippen MR) is 40.4 cm³/mol. The Morgan fingerprint density at radius 2 is 2.11 bits per heavy atom. The summed E-state index contributed by atoms with van der Waals surface area (Å²) in [5.41, 5.74) is 0. The molecule has 0 unspecified atom stereocenters. The fourth-order valence-corrected chi connectivity index (χ4v) is 0.431. The predicted octanol–water partition coefficient (Wildman–Crippen LogP) is 2.16. The first-order valence-corrected chi connectivity index (χ1v) is 3.27. The molecule has 0 bridgehead atoms. The van der Waals surface area contributed by atoms with Crippen LogP contribution in [0.25, 0.3) is 0 Å². The van der Waals surface area contributed by atoms with Crippen LogP contribution in [0, 0.1) is 0 Å². The summed E-state index contributed by atoms with van der Waals surface area (Å²) in [6, 6.07) is 0. The van der Waals surface area contributed by atoms with Gasteiger partial charge in [0.15, 0.2) is 0 Å². The second kappa shape index (κ2) is 7.44. The van der Waals surface area contributed by atoms with E-state index in [-0.39, 0.29) is 0 Å². The minimum atomic E-state index is 0.723. The van der Waals surface area contributed by atoms with Crippen molar-refractivity contribution in [3.05, 3.63) is 24.3 Å². The lowest BCUT2D eigenvalue weighted by Gasteiger charge is -1.89. The van der Waals surface area contributed by atoms with Gasteiger partial charge in [-0.3, -0.25) is 0 Å². The minimum absolute atomic E-state index is 0.723. The van der Waals surface area contributed by atoms with E-state index in [1.165, 1.54) is 0 Å². The van der Waals surface area contributed by atoms with Crippen LogP contribution in [0.5, 0.6) is 0 Å². The van der Waals surface area contributed by atoms with E-state index in [1.54, 1.807) is 0 Å². The van der Waals surface area contributed by atoms with Crippen molar-refractivity contribution < 1.29 is 4.74 Å². The molecule has 0 heterocycles. The number of allylic oxidation sites excluding steroid dienone is 3. The molecule has 0 saturated carbocycles. The van der Waals surface area contributed by atoms with E-state index in [0.717, 1.165) is 13.2 Å². The quantitative estimate of drug-likeness (QED) is 0.414. The zero-order valence-corrected chi connectivity index (χ0v) is 6.13. The molecule has 1 nitrogen and oxygen atoms in total. The van der Waals surface area contributed by atoms with Crippen LogP contribution in [0.15, 0.2) is 24.3 Å². The Morgan fingerprint density at radius 3 is 2.67 bits per heavy atom. The highest BCUT2D eigenvalue weighted by Crippen LogP contribution is 1.78. The Bertz CT molecular complexity index is 92.7. The van der Waals surface area contributed by atoms with Crippen molar-refractivity contribution in [2.24, 2.45) is 0 Å². The highest BCUT2D eigenvalue weighted by molar-refractivity contribution is 5.00. The third-order valence-electron chi connectivity index (χ3n) is 0.858. The molecule has 9 heavy (non-hydrogen) atoms. The van der Waals surface area contributed by atoms with Gasteiger partial charge >= 0.3 is 0 Å². The molecular weight excluding hydrogens is 112 g/mol. The van der Waals surface area contributed by atoms with Gasteiger partial charge in [0.25, 0.3) is 0 Å². The van der Waals surface area contributed by atoms with Crippen LogP contribution in [0.3, 0.4) is 0 Å². The van der Waals surface area contributed by atoms with Crippen LogP contribution in [0.4, 0.5) is 0 Å². The summed E-state index contributed by atoms with van der Waals surface area (Å²) < 4.78 is 5.06. The van der Waals surface area contributed by atoms with Crippen LogP contribution in [0.1, 0.15) is 13.8 Å². The standard InChI is InChI=1S/C8H14O/c1-3-5-6-7-8-9-4-2/h3,5-7H,4,8H2,1-2H3/b5-3+,7-6-. The molecule has 0 aliphatic rings. The van der Waals surface area contributed by atoms with Gasteiger partial charge in [0, 0.05) is 6.61 Å². The lowest BCUT2D eigenvalue weighted by Crippen LogP contribution is -1.87. The van der Waals surface area contributed by atoms with Crippen LogP contribution >= 0.6 is 0 Å². The van der Waals surface area contributed by atoms with E-state index < -0.39 is 0 Å². The third kappa shape index (κ3) is 7.44. The average molecular weight is 126 g/mol. The Morgan fingerprint density at radius 1 is 1.33 bits per heavy atom. The lowest BCUT2D eigenvalue weighted by molar-refractivity contribution is 0.177. The zero-order valence-electron chi connectivity index (χ0n) is 6.13. The molecule has 0 N–H and O–H groups in total. The van der Waals surface area contributed by atoms with Gasteiger partial charge in [0.1, 0.15) is 0 Å². The van der Waals surface area contributed by atoms with Crippen LogP contribution in [-0.4, -0.2) is 13.2 Å². The van der Waals surface area contributed by atoms with Crippen molar-refractivity contribution in [2.75, 3.05) is 13.2 Å². The smallest absolute Gasteiger partial charge is 0.0650 e. The SMILES string of the molecule is C/C=C/C=C\COCC. The molecule has 0 amide bonds. The number of rotatable bonds is 4. The molecule has 0 rings (SSSR count). The molecule has 0 fully saturated rings. The Balaban J connectivity index is 3.04. The number of hydrogen-bond acceptors (Lipinski definition) is 1. The maximum absolute atomic E-state index is 5.06. The molecule has 52 valence electrons. The highest BCUT2D eigenvalue weighted by Gasteiger charge is 1.71. The van der Waals surface area contributed by atoms with E-state index in [4.69, 9.17) is 4.74 Å². The summed E-state index contributed by atoms with van der Waals surface area (Å²) in [7, 11) is 0. The van der Waals surface area contributed by atoms with Gasteiger partial charge in [-0.2, -0.15) is 0 Å². The van der Waals surface area contributed by atoms with E-state index in [1.807, 2.05) is 38.2 Å². The molecule has 0 radical (unpaired) electrons. The topological polar surface area (TPSA) is 9.23 Å². The van der Waals surface area contributed by atoms with Crippen molar-refractivity contribution in [1.29, 1.82) is 0 Å². The van der Waals surface area contributed by atoms with Gasteiger partial charge in [0.2, 0.25) is 0 Å². The minimum Gasteiger partial charge on any atom is -0.378 e. The first-order valence-electron chi connectivity index (χ1n) is 3.27. The van der Waals surface area contributed by atoms with Gasteiger partial charge in [-0.25, -0.2) is 0 Å². The van der Waals surface area contributed by atoms with Gasteiger partial charge in [-0.1, -0.05) is 24.3 Å². The normalized spacial score (nSPS) is 11.8. The van der Waals surface area contributed by atoms with Crippen molar-refractivity contribution in [3.63, 3.8) is 0 Å². The van der Waals surface area contributed by atoms with Gasteiger partial charge in [-0.15, -0.1) is 0 Å². The monoisotopic (exact) mass is 126 g/mol. The maximum atomic E-state index is 5.06. The molecule has 0 aromatic rings. The van der Waals surface area contributed by atoms with Crippen LogP contribution in [0.2, 0.25) is 0 Å². The molecule has 0 atom stereocenters. The fourth-order valence-electron chi connectivity index (χ4n) is 0.431. The molecule has 0 aliphatic heterocycles. The highest BCUT2D eigenvalue weighted by atomic mass is 16.5. The molecular formula is C8H14O. The molecule has 0 aromatic carbocycles. The summed E-state index contributed by atoms with van der Waals surface area (Å²) in [4.78, 5) is 0. The van der Waals surface area contributed by atoms with Crippen LogP contribution in [-0.2, 0) is 4.74 Å². The van der Waals surface area contributed by atoms with Gasteiger partial charge < -0.3 is 4.74 Å². The number of hydrogen-bond donors (Lipinski definition) is 0. The van der Waals surface area contributed by atoms with E-state index >= 15 is 0 Å². The maximum Gasteiger partial charge on any atom is 0.0650 e. The Hall–Kier alpha value is -0.560. The Labute approximate surface area is 57.0 Å². The lowest BCUT2D eigenvalue weighted by atomic mass is 10.4. The summed E-state index contributed by atoms with van der Waals surface area (Å²) in [5, 5.41) is 0. The molecule has 0 aromatic heterocycles. The number of ether oxygens (including phenoxy) is 1. The second-order valence-electron chi connectivity index (χ2n) is 1.61. The van der Waals surface area contributed by atoms with E-state index in [0.29, 0.717) is 0 Å². The average Bonchev–Trinajstić information content (AvgIpc) is 1.89. The largest absolute Gasteiger partial charge is 0.378 e. The van der Waals surface area contributed by atoms with Gasteiger partial charge in [-0.05, 0) is 13.8 Å². The summed E-state index contributed by atoms with van der Waals surface area (Å²) in [6.45, 7) is 5.50. The first kappa shape index (κ1) is 8.44. The van der Waals surface area contributed by atoms with Crippen molar-refractivity contribution >= 4 is 0 Å². The molecule has 1 heteroatoms. The zero-order chi connectivity index (χ0) is 6.95. The van der Waals surface area contributed by atoms with Crippen molar-refractivity contribution in [3.8, 4) is 0 Å². The Kier molecular flexibility index (Phi) is 6.98. The summed E-state index contributed by atoms with van der Waals surface area (Å²) in [5.74, 6) is 0. The van der Waals surface area contributed by atoms with Crippen molar-refractivity contribution in [1.82, 2.24) is 0 Å². The second-order valence-corrected chi connectivity index (χ2v) is 1.61. The summed E-state index contributed by atoms with van der Waals surface area (Å²) in [6.07, 6.45) is 7.95. The molecule has 0 aliphatic carbocycles. The van der Waals surface area contributed by atoms with E-state index in [9.17, 15) is 0 Å². The van der Waals surface area contributed by atoms with Gasteiger partial charge in [0.05, 0.1) is 6.61 Å². The third-order valence-corrected chi connectivity index (χ3v) is 0.858.